The lowest BCUT2D eigenvalue weighted by Gasteiger charge is -2.22. The maximum absolute atomic E-state index is 12.9. The van der Waals surface area contributed by atoms with Crippen LogP contribution in [-0.2, 0) is 4.79 Å². The topological polar surface area (TPSA) is 51.2 Å². The number of hydrogen-bond acceptors (Lipinski definition) is 4. The highest BCUT2D eigenvalue weighted by atomic mass is 32.2. The molecule has 0 aliphatic heterocycles. The van der Waals surface area contributed by atoms with E-state index >= 15 is 0 Å². The van der Waals surface area contributed by atoms with Gasteiger partial charge in [0.05, 0.1) is 18.4 Å². The zero-order valence-corrected chi connectivity index (χ0v) is 16.1. The number of nitrogens with zero attached hydrogens (tertiary/aromatic N) is 1. The van der Waals surface area contributed by atoms with E-state index in [9.17, 15) is 4.79 Å². The third-order valence-electron chi connectivity index (χ3n) is 4.20. The summed E-state index contributed by atoms with van der Waals surface area (Å²) >= 11 is 1.52. The second-order valence-electron chi connectivity index (χ2n) is 6.07. The van der Waals surface area contributed by atoms with E-state index in [0.717, 1.165) is 21.8 Å². The maximum Gasteiger partial charge on any atom is 0.233 e. The Hall–Kier alpha value is -2.79. The van der Waals surface area contributed by atoms with E-state index in [-0.39, 0.29) is 17.2 Å². The lowest BCUT2D eigenvalue weighted by Crippen LogP contribution is -2.34. The van der Waals surface area contributed by atoms with Gasteiger partial charge in [0.15, 0.2) is 0 Å². The van der Waals surface area contributed by atoms with Crippen molar-refractivity contribution in [1.82, 2.24) is 10.3 Å². The van der Waals surface area contributed by atoms with Crippen molar-refractivity contribution >= 4 is 17.7 Å². The summed E-state index contributed by atoms with van der Waals surface area (Å²) in [6, 6.07) is 21.3. The molecule has 0 spiro atoms. The Labute approximate surface area is 164 Å². The molecule has 1 N–H and O–H groups in total. The van der Waals surface area contributed by atoms with Crippen molar-refractivity contribution in [2.75, 3.05) is 7.11 Å². The van der Waals surface area contributed by atoms with Crippen LogP contribution in [0, 0.1) is 0 Å². The normalized spacial score (nSPS) is 12.8. The van der Waals surface area contributed by atoms with Gasteiger partial charge in [-0.1, -0.05) is 30.3 Å². The summed E-state index contributed by atoms with van der Waals surface area (Å²) in [5.74, 6) is 0.791. The summed E-state index contributed by atoms with van der Waals surface area (Å²) in [5.41, 5.74) is 2.05. The van der Waals surface area contributed by atoms with Gasteiger partial charge in [-0.25, -0.2) is 0 Å². The summed E-state index contributed by atoms with van der Waals surface area (Å²) in [6.45, 7) is 1.92. The lowest BCUT2D eigenvalue weighted by atomic mass is 9.99. The molecule has 3 aromatic rings. The first-order valence-electron chi connectivity index (χ1n) is 8.73. The van der Waals surface area contributed by atoms with Crippen LogP contribution < -0.4 is 10.1 Å². The van der Waals surface area contributed by atoms with Gasteiger partial charge in [0, 0.05) is 17.3 Å². The number of aromatic nitrogens is 1. The molecule has 0 saturated heterocycles. The fraction of sp³-hybridized carbons (Fsp3) is 0.182. The van der Waals surface area contributed by atoms with E-state index in [4.69, 9.17) is 4.74 Å². The number of ether oxygens (including phenoxy) is 1. The summed E-state index contributed by atoms with van der Waals surface area (Å²) in [6.07, 6.45) is 3.49. The highest BCUT2D eigenvalue weighted by Crippen LogP contribution is 2.27. The van der Waals surface area contributed by atoms with Gasteiger partial charge in [-0.05, 0) is 54.4 Å². The first-order chi connectivity index (χ1) is 13.2. The molecule has 138 valence electrons. The van der Waals surface area contributed by atoms with Crippen molar-refractivity contribution in [3.8, 4) is 5.75 Å². The molecule has 1 heterocycles. The monoisotopic (exact) mass is 378 g/mol. The Bertz CT molecular complexity index is 815. The van der Waals surface area contributed by atoms with Crippen LogP contribution in [-0.4, -0.2) is 23.3 Å². The predicted molar refractivity (Wildman–Crippen MR) is 109 cm³/mol. The Kier molecular flexibility index (Phi) is 6.49. The van der Waals surface area contributed by atoms with Gasteiger partial charge < -0.3 is 10.1 Å². The number of amides is 1. The van der Waals surface area contributed by atoms with E-state index in [1.165, 1.54) is 11.8 Å². The number of pyridine rings is 1. The smallest absolute Gasteiger partial charge is 0.233 e. The van der Waals surface area contributed by atoms with Crippen molar-refractivity contribution in [2.24, 2.45) is 0 Å². The molecular formula is C22H22N2O2S. The Balaban J connectivity index is 1.73. The molecule has 0 radical (unpaired) electrons. The summed E-state index contributed by atoms with van der Waals surface area (Å²) in [7, 11) is 1.64. The molecular weight excluding hydrogens is 356 g/mol. The molecule has 2 aromatic carbocycles. The Morgan fingerprint density at radius 2 is 1.59 bits per heavy atom. The number of rotatable bonds is 7. The maximum atomic E-state index is 12.9. The van der Waals surface area contributed by atoms with E-state index in [1.54, 1.807) is 19.5 Å². The second kappa shape index (κ2) is 9.24. The number of benzene rings is 2. The van der Waals surface area contributed by atoms with Gasteiger partial charge in [-0.3, -0.25) is 9.78 Å². The molecule has 0 saturated carbocycles. The van der Waals surface area contributed by atoms with Gasteiger partial charge >= 0.3 is 0 Å². The summed E-state index contributed by atoms with van der Waals surface area (Å²) in [4.78, 5) is 18.0. The third-order valence-corrected chi connectivity index (χ3v) is 5.31. The SMILES string of the molecule is COc1ccc(SC(C)C(=O)NC(c2ccccc2)c2ccncc2)cc1. The van der Waals surface area contributed by atoms with Crippen LogP contribution >= 0.6 is 11.8 Å². The molecule has 0 fully saturated rings. The number of methoxy groups -OCH3 is 1. The number of nitrogens with one attached hydrogen (secondary N) is 1. The van der Waals surface area contributed by atoms with Crippen molar-refractivity contribution < 1.29 is 9.53 Å². The zero-order chi connectivity index (χ0) is 19.1. The Morgan fingerprint density at radius 1 is 0.963 bits per heavy atom. The average molecular weight is 378 g/mol. The molecule has 4 nitrogen and oxygen atoms in total. The summed E-state index contributed by atoms with van der Waals surface area (Å²) < 4.78 is 5.18. The third kappa shape index (κ3) is 5.11. The molecule has 5 heteroatoms. The largest absolute Gasteiger partial charge is 0.497 e. The van der Waals surface area contributed by atoms with Crippen molar-refractivity contribution in [3.05, 3.63) is 90.3 Å². The molecule has 0 aliphatic carbocycles. The number of thioether (sulfide) groups is 1. The van der Waals surface area contributed by atoms with Gasteiger partial charge in [-0.2, -0.15) is 0 Å². The zero-order valence-electron chi connectivity index (χ0n) is 15.3. The average Bonchev–Trinajstić information content (AvgIpc) is 2.73. The van der Waals surface area contributed by atoms with Crippen LogP contribution in [0.2, 0.25) is 0 Å². The molecule has 0 bridgehead atoms. The van der Waals surface area contributed by atoms with Crippen molar-refractivity contribution in [1.29, 1.82) is 0 Å². The second-order valence-corrected chi connectivity index (χ2v) is 7.48. The van der Waals surface area contributed by atoms with E-state index < -0.39 is 0 Å². The van der Waals surface area contributed by atoms with Crippen LogP contribution in [0.15, 0.2) is 84.0 Å². The lowest BCUT2D eigenvalue weighted by molar-refractivity contribution is -0.120. The van der Waals surface area contributed by atoms with Gasteiger partial charge in [0.2, 0.25) is 5.91 Å². The number of hydrogen-bond donors (Lipinski definition) is 1. The van der Waals surface area contributed by atoms with Crippen molar-refractivity contribution in [2.45, 2.75) is 23.1 Å². The van der Waals surface area contributed by atoms with Crippen LogP contribution in [0.3, 0.4) is 0 Å². The minimum Gasteiger partial charge on any atom is -0.497 e. The molecule has 27 heavy (non-hydrogen) atoms. The molecule has 1 aromatic heterocycles. The van der Waals surface area contributed by atoms with E-state index in [1.807, 2.05) is 73.7 Å². The predicted octanol–water partition coefficient (Wildman–Crippen LogP) is 4.48. The van der Waals surface area contributed by atoms with Crippen LogP contribution in [0.1, 0.15) is 24.1 Å². The number of carbonyl (C=O) groups excluding carboxylic acids is 1. The highest BCUT2D eigenvalue weighted by molar-refractivity contribution is 8.00. The Morgan fingerprint density at radius 3 is 2.22 bits per heavy atom. The highest BCUT2D eigenvalue weighted by Gasteiger charge is 2.21. The minimum absolute atomic E-state index is 0.0125. The number of carbonyl (C=O) groups is 1. The molecule has 2 unspecified atom stereocenters. The fourth-order valence-corrected chi connectivity index (χ4v) is 3.61. The van der Waals surface area contributed by atoms with Gasteiger partial charge in [0.25, 0.3) is 0 Å². The molecule has 2 atom stereocenters. The van der Waals surface area contributed by atoms with Crippen LogP contribution in [0.25, 0.3) is 0 Å². The minimum atomic E-state index is -0.230. The molecule has 3 rings (SSSR count). The van der Waals surface area contributed by atoms with E-state index in [2.05, 4.69) is 10.3 Å². The fourth-order valence-electron chi connectivity index (χ4n) is 2.73. The quantitative estimate of drug-likeness (QED) is 0.616. The first kappa shape index (κ1) is 19.0. The first-order valence-corrected chi connectivity index (χ1v) is 9.61. The van der Waals surface area contributed by atoms with Gasteiger partial charge in [0.1, 0.15) is 5.75 Å². The van der Waals surface area contributed by atoms with Crippen LogP contribution in [0.5, 0.6) is 5.75 Å². The standard InChI is InChI=1S/C22H22N2O2S/c1-16(27-20-10-8-19(26-2)9-11-20)22(25)24-21(17-6-4-3-5-7-17)18-12-14-23-15-13-18/h3-16,21H,1-2H3,(H,24,25). The van der Waals surface area contributed by atoms with Gasteiger partial charge in [-0.15, -0.1) is 11.8 Å². The van der Waals surface area contributed by atoms with Crippen molar-refractivity contribution in [3.63, 3.8) is 0 Å². The summed E-state index contributed by atoms with van der Waals surface area (Å²) in [5, 5.41) is 2.95. The van der Waals surface area contributed by atoms with E-state index in [0.29, 0.717) is 0 Å². The molecule has 0 aliphatic rings. The van der Waals surface area contributed by atoms with Crippen LogP contribution in [0.4, 0.5) is 0 Å². The molecule has 1 amide bonds.